The number of amides is 2. The molecule has 0 saturated carbocycles. The maximum absolute atomic E-state index is 14.1. The number of hydrogen-bond acceptors (Lipinski definition) is 5. The van der Waals surface area contributed by atoms with E-state index in [0.717, 1.165) is 28.3 Å². The molecule has 3 aromatic rings. The number of nitrogens with one attached hydrogen (secondary N) is 1. The van der Waals surface area contributed by atoms with Gasteiger partial charge in [-0.05, 0) is 56.0 Å². The van der Waals surface area contributed by atoms with Crippen molar-refractivity contribution < 1.29 is 22.7 Å². The van der Waals surface area contributed by atoms with Crippen molar-refractivity contribution in [1.29, 1.82) is 0 Å². The Morgan fingerprint density at radius 2 is 1.59 bits per heavy atom. The summed E-state index contributed by atoms with van der Waals surface area (Å²) in [4.78, 5) is 28.9. The van der Waals surface area contributed by atoms with Crippen molar-refractivity contribution in [2.24, 2.45) is 0 Å². The monoisotopic (exact) mass is 579 g/mol. The van der Waals surface area contributed by atoms with E-state index in [0.29, 0.717) is 25.1 Å². The number of benzene rings is 3. The van der Waals surface area contributed by atoms with Gasteiger partial charge in [0.25, 0.3) is 10.0 Å². The van der Waals surface area contributed by atoms with Crippen LogP contribution in [0.2, 0.25) is 0 Å². The zero-order valence-corrected chi connectivity index (χ0v) is 25.2. The van der Waals surface area contributed by atoms with Gasteiger partial charge in [0.1, 0.15) is 18.3 Å². The van der Waals surface area contributed by atoms with E-state index >= 15 is 0 Å². The number of hydrogen-bond donors (Lipinski definition) is 1. The Bertz CT molecular complexity index is 1380. The quantitative estimate of drug-likeness (QED) is 0.257. The average molecular weight is 580 g/mol. The van der Waals surface area contributed by atoms with E-state index in [4.69, 9.17) is 4.74 Å². The number of ether oxygens (including phenoxy) is 1. The molecule has 0 spiro atoms. The summed E-state index contributed by atoms with van der Waals surface area (Å²) in [5, 5.41) is 2.95. The van der Waals surface area contributed by atoms with Crippen molar-refractivity contribution in [2.45, 2.75) is 57.4 Å². The van der Waals surface area contributed by atoms with Crippen LogP contribution in [0.15, 0.2) is 83.8 Å². The Balaban J connectivity index is 2.02. The topological polar surface area (TPSA) is 96.0 Å². The summed E-state index contributed by atoms with van der Waals surface area (Å²) in [7, 11) is -2.71. The van der Waals surface area contributed by atoms with Crippen molar-refractivity contribution in [1.82, 2.24) is 10.2 Å². The molecule has 0 bridgehead atoms. The van der Waals surface area contributed by atoms with Gasteiger partial charge in [-0.25, -0.2) is 8.42 Å². The molecule has 2 amide bonds. The lowest BCUT2D eigenvalue weighted by molar-refractivity contribution is -0.139. The minimum atomic E-state index is -4.16. The van der Waals surface area contributed by atoms with Crippen molar-refractivity contribution in [3.05, 3.63) is 90.0 Å². The zero-order valence-electron chi connectivity index (χ0n) is 24.4. The van der Waals surface area contributed by atoms with Gasteiger partial charge in [0.2, 0.25) is 11.8 Å². The molecule has 1 atom stereocenters. The number of methoxy groups -OCH3 is 1. The smallest absolute Gasteiger partial charge is 0.264 e. The maximum Gasteiger partial charge on any atom is 0.264 e. The van der Waals surface area contributed by atoms with Crippen LogP contribution >= 0.6 is 0 Å². The molecule has 8 nitrogen and oxygen atoms in total. The molecule has 0 aliphatic heterocycles. The first-order valence-electron chi connectivity index (χ1n) is 14.1. The molecule has 220 valence electrons. The van der Waals surface area contributed by atoms with Crippen LogP contribution in [0, 0.1) is 6.92 Å². The van der Waals surface area contributed by atoms with Crippen LogP contribution in [0.25, 0.3) is 0 Å². The summed E-state index contributed by atoms with van der Waals surface area (Å²) in [6.45, 7) is 6.05. The molecule has 3 aromatic carbocycles. The molecule has 0 unspecified atom stereocenters. The molecule has 0 fully saturated rings. The van der Waals surface area contributed by atoms with Crippen LogP contribution in [-0.2, 0) is 26.0 Å². The fraction of sp³-hybridized carbons (Fsp3) is 0.375. The average Bonchev–Trinajstić information content (AvgIpc) is 2.98. The lowest BCUT2D eigenvalue weighted by atomic mass is 10.1. The van der Waals surface area contributed by atoms with Crippen LogP contribution in [0.5, 0.6) is 5.75 Å². The number of sulfonamides is 1. The van der Waals surface area contributed by atoms with Gasteiger partial charge in [0, 0.05) is 13.1 Å². The Hall–Kier alpha value is -3.85. The largest absolute Gasteiger partial charge is 0.495 e. The number of para-hydroxylation sites is 2. The van der Waals surface area contributed by atoms with Crippen LogP contribution in [0.4, 0.5) is 5.69 Å². The van der Waals surface area contributed by atoms with Crippen molar-refractivity contribution in [2.75, 3.05) is 31.0 Å². The summed E-state index contributed by atoms with van der Waals surface area (Å²) < 4.78 is 34.6. The number of carbonyl (C=O) groups excluding carboxylic acids is 2. The molecule has 3 rings (SSSR count). The van der Waals surface area contributed by atoms with Gasteiger partial charge in [-0.1, -0.05) is 80.4 Å². The lowest BCUT2D eigenvalue weighted by Gasteiger charge is -2.33. The number of rotatable bonds is 15. The van der Waals surface area contributed by atoms with Crippen molar-refractivity contribution in [3.63, 3.8) is 0 Å². The van der Waals surface area contributed by atoms with E-state index in [2.05, 4.69) is 5.32 Å². The maximum atomic E-state index is 14.1. The molecule has 0 aliphatic carbocycles. The van der Waals surface area contributed by atoms with Gasteiger partial charge >= 0.3 is 0 Å². The number of anilines is 1. The van der Waals surface area contributed by atoms with E-state index in [-0.39, 0.29) is 23.0 Å². The Morgan fingerprint density at radius 1 is 0.927 bits per heavy atom. The van der Waals surface area contributed by atoms with Gasteiger partial charge in [0.05, 0.1) is 17.7 Å². The first-order chi connectivity index (χ1) is 19.7. The Labute approximate surface area is 244 Å². The van der Waals surface area contributed by atoms with Crippen LogP contribution in [0.1, 0.15) is 44.2 Å². The highest BCUT2D eigenvalue weighted by Crippen LogP contribution is 2.32. The fourth-order valence-corrected chi connectivity index (χ4v) is 6.01. The van der Waals surface area contributed by atoms with E-state index in [1.165, 1.54) is 24.1 Å². The Morgan fingerprint density at radius 3 is 2.22 bits per heavy atom. The van der Waals surface area contributed by atoms with E-state index in [1.54, 1.807) is 36.4 Å². The number of nitrogens with zero attached hydrogens (tertiary/aromatic N) is 2. The molecule has 9 heteroatoms. The summed E-state index contributed by atoms with van der Waals surface area (Å²) >= 11 is 0. The highest BCUT2D eigenvalue weighted by atomic mass is 32.2. The SMILES string of the molecule is CCCCNC(=O)[C@H](CC)N(CCc1ccccc1)C(=O)CN(c1ccccc1OC)S(=O)(=O)c1ccc(C)cc1. The minimum absolute atomic E-state index is 0.0574. The number of unbranched alkanes of at least 4 members (excludes halogenated alkanes) is 1. The van der Waals surface area contributed by atoms with E-state index < -0.39 is 28.5 Å². The summed E-state index contributed by atoms with van der Waals surface area (Å²) in [6, 6.07) is 22.1. The second-order valence-electron chi connectivity index (χ2n) is 9.89. The lowest BCUT2D eigenvalue weighted by Crippen LogP contribution is -2.53. The predicted octanol–water partition coefficient (Wildman–Crippen LogP) is 4.97. The first-order valence-corrected chi connectivity index (χ1v) is 15.5. The van der Waals surface area contributed by atoms with E-state index in [1.807, 2.05) is 51.1 Å². The molecular weight excluding hydrogens is 538 g/mol. The van der Waals surface area contributed by atoms with E-state index in [9.17, 15) is 18.0 Å². The molecule has 1 N–H and O–H groups in total. The Kier molecular flexibility index (Phi) is 11.8. The molecular formula is C32H41N3O5S. The summed E-state index contributed by atoms with van der Waals surface area (Å²) in [6.07, 6.45) is 2.66. The second-order valence-corrected chi connectivity index (χ2v) is 11.8. The third-order valence-electron chi connectivity index (χ3n) is 6.94. The molecule has 41 heavy (non-hydrogen) atoms. The molecule has 0 aromatic heterocycles. The summed E-state index contributed by atoms with van der Waals surface area (Å²) in [5.41, 5.74) is 2.17. The first kappa shape index (κ1) is 31.7. The predicted molar refractivity (Wildman–Crippen MR) is 163 cm³/mol. The molecule has 0 aliphatic rings. The van der Waals surface area contributed by atoms with Crippen LogP contribution in [-0.4, -0.2) is 57.9 Å². The van der Waals surface area contributed by atoms with Crippen LogP contribution < -0.4 is 14.4 Å². The normalized spacial score (nSPS) is 11.9. The highest BCUT2D eigenvalue weighted by molar-refractivity contribution is 7.92. The third-order valence-corrected chi connectivity index (χ3v) is 8.72. The van der Waals surface area contributed by atoms with Gasteiger partial charge in [-0.15, -0.1) is 0 Å². The van der Waals surface area contributed by atoms with Crippen molar-refractivity contribution >= 4 is 27.5 Å². The summed E-state index contributed by atoms with van der Waals surface area (Å²) in [5.74, 6) is -0.399. The number of aryl methyl sites for hydroxylation is 1. The highest BCUT2D eigenvalue weighted by Gasteiger charge is 2.34. The van der Waals surface area contributed by atoms with Gasteiger partial charge in [-0.3, -0.25) is 13.9 Å². The fourth-order valence-electron chi connectivity index (χ4n) is 4.59. The molecule has 0 heterocycles. The third kappa shape index (κ3) is 8.33. The number of carbonyl (C=O) groups is 2. The van der Waals surface area contributed by atoms with Gasteiger partial charge in [-0.2, -0.15) is 0 Å². The van der Waals surface area contributed by atoms with Gasteiger partial charge < -0.3 is 15.0 Å². The van der Waals surface area contributed by atoms with Crippen molar-refractivity contribution in [3.8, 4) is 5.75 Å². The zero-order chi connectivity index (χ0) is 29.8. The van der Waals surface area contributed by atoms with Crippen LogP contribution in [0.3, 0.4) is 0 Å². The second kappa shape index (κ2) is 15.2. The van der Waals surface area contributed by atoms with Gasteiger partial charge in [0.15, 0.2) is 0 Å². The standard InChI is InChI=1S/C32H41N3O5S/c1-5-7-22-33-32(37)28(6-2)34(23-21-26-13-9-8-10-14-26)31(36)24-35(29-15-11-12-16-30(29)40-4)41(38,39)27-19-17-25(3)18-20-27/h8-20,28H,5-7,21-24H2,1-4H3,(H,33,37)/t28-/m0/s1. The molecule has 0 saturated heterocycles. The molecule has 0 radical (unpaired) electrons. The minimum Gasteiger partial charge on any atom is -0.495 e.